The fourth-order valence-electron chi connectivity index (χ4n) is 2.43. The summed E-state index contributed by atoms with van der Waals surface area (Å²) in [5, 5.41) is 0.617. The van der Waals surface area contributed by atoms with Crippen LogP contribution in [0.4, 0.5) is 5.13 Å². The van der Waals surface area contributed by atoms with Crippen molar-refractivity contribution in [3.63, 3.8) is 0 Å². The Balaban J connectivity index is 0.00000176. The Morgan fingerprint density at radius 3 is 2.55 bits per heavy atom. The minimum absolute atomic E-state index is 0. The molecule has 1 aliphatic heterocycles. The third kappa shape index (κ3) is 3.98. The van der Waals surface area contributed by atoms with Crippen LogP contribution in [0, 0.1) is 6.92 Å². The van der Waals surface area contributed by atoms with E-state index in [1.54, 1.807) is 11.3 Å². The number of nitrogen functional groups attached to an aromatic ring is 1. The summed E-state index contributed by atoms with van der Waals surface area (Å²) in [4.78, 5) is 23.9. The predicted molar refractivity (Wildman–Crippen MR) is 94.0 cm³/mol. The van der Waals surface area contributed by atoms with Gasteiger partial charge in [0.2, 0.25) is 0 Å². The van der Waals surface area contributed by atoms with Crippen LogP contribution < -0.4 is 5.73 Å². The van der Waals surface area contributed by atoms with Crippen molar-refractivity contribution < 1.29 is 4.79 Å². The molecule has 1 fully saturated rings. The SMILES string of the molecule is Cc1ccc(C(=O)N2CCN(Cc3cnc(N)s3)CC2)s1.Cl. The highest BCUT2D eigenvalue weighted by atomic mass is 35.5. The molecule has 3 rings (SSSR count). The molecule has 3 heterocycles. The van der Waals surface area contributed by atoms with Gasteiger partial charge >= 0.3 is 0 Å². The van der Waals surface area contributed by atoms with Crippen LogP contribution in [-0.2, 0) is 6.54 Å². The number of carbonyl (C=O) groups is 1. The molecular weight excluding hydrogens is 340 g/mol. The summed E-state index contributed by atoms with van der Waals surface area (Å²) >= 11 is 3.10. The minimum atomic E-state index is 0. The van der Waals surface area contributed by atoms with E-state index in [1.807, 2.05) is 30.2 Å². The van der Waals surface area contributed by atoms with E-state index in [9.17, 15) is 4.79 Å². The largest absolute Gasteiger partial charge is 0.375 e. The molecular formula is C14H19ClN4OS2. The fourth-order valence-corrected chi connectivity index (χ4v) is 3.99. The highest BCUT2D eigenvalue weighted by Gasteiger charge is 2.23. The van der Waals surface area contributed by atoms with Crippen molar-refractivity contribution in [2.75, 3.05) is 31.9 Å². The van der Waals surface area contributed by atoms with Gasteiger partial charge in [-0.15, -0.1) is 35.1 Å². The maximum atomic E-state index is 12.4. The van der Waals surface area contributed by atoms with Crippen molar-refractivity contribution in [3.05, 3.63) is 33.0 Å². The monoisotopic (exact) mass is 358 g/mol. The first-order chi connectivity index (χ1) is 10.1. The zero-order chi connectivity index (χ0) is 14.8. The van der Waals surface area contributed by atoms with E-state index in [0.29, 0.717) is 5.13 Å². The quantitative estimate of drug-likeness (QED) is 0.915. The molecule has 8 heteroatoms. The van der Waals surface area contributed by atoms with Gasteiger partial charge in [-0.1, -0.05) is 0 Å². The van der Waals surface area contributed by atoms with Crippen LogP contribution in [0.2, 0.25) is 0 Å². The molecule has 2 aromatic heterocycles. The van der Waals surface area contributed by atoms with E-state index in [2.05, 4.69) is 9.88 Å². The summed E-state index contributed by atoms with van der Waals surface area (Å²) in [5.41, 5.74) is 5.65. The number of aryl methyl sites for hydroxylation is 1. The second-order valence-electron chi connectivity index (χ2n) is 5.14. The van der Waals surface area contributed by atoms with Gasteiger partial charge in [-0.25, -0.2) is 4.98 Å². The lowest BCUT2D eigenvalue weighted by Crippen LogP contribution is -2.48. The lowest BCUT2D eigenvalue weighted by atomic mass is 10.3. The first kappa shape index (κ1) is 17.2. The van der Waals surface area contributed by atoms with Gasteiger partial charge in [0.15, 0.2) is 5.13 Å². The number of piperazine rings is 1. The first-order valence-electron chi connectivity index (χ1n) is 6.90. The van der Waals surface area contributed by atoms with Crippen LogP contribution in [-0.4, -0.2) is 46.9 Å². The fraction of sp³-hybridized carbons (Fsp3) is 0.429. The van der Waals surface area contributed by atoms with E-state index in [1.165, 1.54) is 21.1 Å². The molecule has 2 N–H and O–H groups in total. The summed E-state index contributed by atoms with van der Waals surface area (Å²) in [6, 6.07) is 3.93. The topological polar surface area (TPSA) is 62.5 Å². The van der Waals surface area contributed by atoms with Crippen LogP contribution >= 0.6 is 35.1 Å². The number of anilines is 1. The van der Waals surface area contributed by atoms with Gasteiger partial charge in [-0.05, 0) is 19.1 Å². The van der Waals surface area contributed by atoms with Gasteiger partial charge < -0.3 is 10.6 Å². The maximum absolute atomic E-state index is 12.4. The number of aromatic nitrogens is 1. The van der Waals surface area contributed by atoms with Crippen molar-refractivity contribution in [1.82, 2.24) is 14.8 Å². The van der Waals surface area contributed by atoms with E-state index in [-0.39, 0.29) is 18.3 Å². The van der Waals surface area contributed by atoms with Crippen molar-refractivity contribution in [2.45, 2.75) is 13.5 Å². The van der Waals surface area contributed by atoms with Gasteiger partial charge in [0.1, 0.15) is 0 Å². The Bertz CT molecular complexity index is 634. The number of halogens is 1. The van der Waals surface area contributed by atoms with Gasteiger partial charge in [0.05, 0.1) is 4.88 Å². The molecule has 0 bridgehead atoms. The molecule has 22 heavy (non-hydrogen) atoms. The summed E-state index contributed by atoms with van der Waals surface area (Å²) in [7, 11) is 0. The number of amides is 1. The first-order valence-corrected chi connectivity index (χ1v) is 8.53. The molecule has 0 spiro atoms. The number of thiophene rings is 1. The number of nitrogens with two attached hydrogens (primary N) is 1. The Hall–Kier alpha value is -1.15. The third-order valence-electron chi connectivity index (χ3n) is 3.56. The number of carbonyl (C=O) groups excluding carboxylic acids is 1. The third-order valence-corrected chi connectivity index (χ3v) is 5.36. The van der Waals surface area contributed by atoms with Crippen molar-refractivity contribution >= 4 is 46.1 Å². The summed E-state index contributed by atoms with van der Waals surface area (Å²) in [5.74, 6) is 0.162. The number of hydrogen-bond donors (Lipinski definition) is 1. The Labute approximate surface area is 144 Å². The van der Waals surface area contributed by atoms with E-state index < -0.39 is 0 Å². The van der Waals surface area contributed by atoms with Gasteiger partial charge in [0, 0.05) is 48.7 Å². The molecule has 120 valence electrons. The van der Waals surface area contributed by atoms with Crippen molar-refractivity contribution in [3.8, 4) is 0 Å². The van der Waals surface area contributed by atoms with Gasteiger partial charge in [-0.2, -0.15) is 0 Å². The number of nitrogens with zero attached hydrogens (tertiary/aromatic N) is 3. The molecule has 1 saturated heterocycles. The molecule has 0 atom stereocenters. The Morgan fingerprint density at radius 2 is 2.00 bits per heavy atom. The normalized spacial score (nSPS) is 15.6. The molecule has 5 nitrogen and oxygen atoms in total. The Morgan fingerprint density at radius 1 is 1.27 bits per heavy atom. The number of thiazole rings is 1. The molecule has 1 aliphatic rings. The summed E-state index contributed by atoms with van der Waals surface area (Å²) < 4.78 is 0. The van der Waals surface area contributed by atoms with Crippen LogP contribution in [0.1, 0.15) is 19.4 Å². The van der Waals surface area contributed by atoms with Gasteiger partial charge in [-0.3, -0.25) is 9.69 Å². The molecule has 1 amide bonds. The average molecular weight is 359 g/mol. The molecule has 0 radical (unpaired) electrons. The zero-order valence-corrected chi connectivity index (χ0v) is 14.8. The second-order valence-corrected chi connectivity index (χ2v) is 7.58. The summed E-state index contributed by atoms with van der Waals surface area (Å²) in [6.45, 7) is 6.26. The van der Waals surface area contributed by atoms with E-state index in [0.717, 1.165) is 37.6 Å². The molecule has 0 aliphatic carbocycles. The predicted octanol–water partition coefficient (Wildman–Crippen LogP) is 2.48. The molecule has 2 aromatic rings. The van der Waals surface area contributed by atoms with Crippen LogP contribution in [0.15, 0.2) is 18.3 Å². The Kier molecular flexibility index (Phi) is 5.80. The molecule has 0 aromatic carbocycles. The van der Waals surface area contributed by atoms with Gasteiger partial charge in [0.25, 0.3) is 5.91 Å². The van der Waals surface area contributed by atoms with Crippen LogP contribution in [0.25, 0.3) is 0 Å². The standard InChI is InChI=1S/C14H18N4OS2.ClH/c1-10-2-3-12(20-10)13(19)18-6-4-17(5-7-18)9-11-8-16-14(15)21-11;/h2-3,8H,4-7,9H2,1H3,(H2,15,16);1H. The van der Waals surface area contributed by atoms with Crippen molar-refractivity contribution in [1.29, 1.82) is 0 Å². The second kappa shape index (κ2) is 7.41. The molecule has 0 saturated carbocycles. The molecule has 0 unspecified atom stereocenters. The average Bonchev–Trinajstić information content (AvgIpc) is 3.08. The van der Waals surface area contributed by atoms with E-state index >= 15 is 0 Å². The lowest BCUT2D eigenvalue weighted by Gasteiger charge is -2.34. The highest BCUT2D eigenvalue weighted by Crippen LogP contribution is 2.20. The van der Waals surface area contributed by atoms with E-state index in [4.69, 9.17) is 5.73 Å². The smallest absolute Gasteiger partial charge is 0.264 e. The minimum Gasteiger partial charge on any atom is -0.375 e. The number of hydrogen-bond acceptors (Lipinski definition) is 6. The lowest BCUT2D eigenvalue weighted by molar-refractivity contribution is 0.0634. The van der Waals surface area contributed by atoms with Crippen molar-refractivity contribution in [2.24, 2.45) is 0 Å². The number of rotatable bonds is 3. The zero-order valence-electron chi connectivity index (χ0n) is 12.3. The van der Waals surface area contributed by atoms with Crippen LogP contribution in [0.3, 0.4) is 0 Å². The highest BCUT2D eigenvalue weighted by molar-refractivity contribution is 7.15. The maximum Gasteiger partial charge on any atom is 0.264 e. The summed E-state index contributed by atoms with van der Waals surface area (Å²) in [6.07, 6.45) is 1.84. The van der Waals surface area contributed by atoms with Crippen LogP contribution in [0.5, 0.6) is 0 Å².